The predicted molar refractivity (Wildman–Crippen MR) is 74.7 cm³/mol. The van der Waals surface area contributed by atoms with Crippen LogP contribution in [0, 0.1) is 5.82 Å². The summed E-state index contributed by atoms with van der Waals surface area (Å²) in [7, 11) is 3.65. The first kappa shape index (κ1) is 14.4. The monoisotopic (exact) mass is 266 g/mol. The Bertz CT molecular complexity index is 399. The molecule has 0 aliphatic carbocycles. The van der Waals surface area contributed by atoms with Crippen molar-refractivity contribution in [2.45, 2.75) is 25.0 Å². The Hall–Kier alpha value is -0.970. The summed E-state index contributed by atoms with van der Waals surface area (Å²) < 4.78 is 19.3. The first-order valence-electron chi connectivity index (χ1n) is 6.91. The van der Waals surface area contributed by atoms with Gasteiger partial charge in [0.1, 0.15) is 5.82 Å². The average Bonchev–Trinajstić information content (AvgIpc) is 2.46. The summed E-state index contributed by atoms with van der Waals surface area (Å²) in [5, 5.41) is 3.22. The number of hydrogen-bond acceptors (Lipinski definition) is 3. The Kier molecular flexibility index (Phi) is 5.31. The molecule has 0 aromatic heterocycles. The van der Waals surface area contributed by atoms with Crippen molar-refractivity contribution in [2.24, 2.45) is 0 Å². The Labute approximate surface area is 114 Å². The quantitative estimate of drug-likeness (QED) is 0.884. The zero-order chi connectivity index (χ0) is 13.7. The van der Waals surface area contributed by atoms with Gasteiger partial charge in [-0.15, -0.1) is 0 Å². The standard InChI is InChI=1S/C15H23FN2O/c1-17-15(13-7-3-4-8-14(13)16)11-18-9-5-6-12(10-18)19-2/h3-4,7-8,12,15,17H,5-6,9-11H2,1-2H3. The van der Waals surface area contributed by atoms with Gasteiger partial charge in [0.15, 0.2) is 0 Å². The lowest BCUT2D eigenvalue weighted by molar-refractivity contribution is 0.0282. The third kappa shape index (κ3) is 3.75. The van der Waals surface area contributed by atoms with Crippen molar-refractivity contribution in [3.05, 3.63) is 35.6 Å². The number of likely N-dealkylation sites (N-methyl/N-ethyl adjacent to an activating group) is 1. The Morgan fingerprint density at radius 2 is 2.26 bits per heavy atom. The topological polar surface area (TPSA) is 24.5 Å². The highest BCUT2D eigenvalue weighted by Crippen LogP contribution is 2.20. The lowest BCUT2D eigenvalue weighted by Gasteiger charge is -2.34. The first-order valence-corrected chi connectivity index (χ1v) is 6.91. The summed E-state index contributed by atoms with van der Waals surface area (Å²) in [6.07, 6.45) is 2.58. The number of benzene rings is 1. The van der Waals surface area contributed by atoms with Crippen LogP contribution >= 0.6 is 0 Å². The van der Waals surface area contributed by atoms with Crippen LogP contribution in [0.5, 0.6) is 0 Å². The van der Waals surface area contributed by atoms with Gasteiger partial charge in [0.2, 0.25) is 0 Å². The van der Waals surface area contributed by atoms with Gasteiger partial charge in [-0.25, -0.2) is 4.39 Å². The van der Waals surface area contributed by atoms with E-state index in [0.29, 0.717) is 6.10 Å². The van der Waals surface area contributed by atoms with Crippen molar-refractivity contribution in [3.63, 3.8) is 0 Å². The first-order chi connectivity index (χ1) is 9.24. The molecule has 0 saturated carbocycles. The van der Waals surface area contributed by atoms with Crippen LogP contribution in [0.1, 0.15) is 24.4 Å². The second-order valence-electron chi connectivity index (χ2n) is 5.12. The SMILES string of the molecule is CNC(CN1CCCC(OC)C1)c1ccccc1F. The molecule has 2 rings (SSSR count). The largest absolute Gasteiger partial charge is 0.380 e. The predicted octanol–water partition coefficient (Wildman–Crippen LogP) is 2.20. The number of methoxy groups -OCH3 is 1. The van der Waals surface area contributed by atoms with E-state index in [4.69, 9.17) is 4.74 Å². The van der Waals surface area contributed by atoms with Gasteiger partial charge >= 0.3 is 0 Å². The second-order valence-corrected chi connectivity index (χ2v) is 5.12. The summed E-state index contributed by atoms with van der Waals surface area (Å²) in [5.74, 6) is -0.137. The molecule has 0 spiro atoms. The van der Waals surface area contributed by atoms with Gasteiger partial charge in [-0.05, 0) is 32.5 Å². The number of nitrogens with zero attached hydrogens (tertiary/aromatic N) is 1. The highest BCUT2D eigenvalue weighted by atomic mass is 19.1. The summed E-state index contributed by atoms with van der Waals surface area (Å²) >= 11 is 0. The molecule has 2 unspecified atom stereocenters. The normalized spacial score (nSPS) is 22.4. The van der Waals surface area contributed by atoms with Crippen LogP contribution in [0.25, 0.3) is 0 Å². The molecule has 1 aromatic carbocycles. The highest BCUT2D eigenvalue weighted by molar-refractivity contribution is 5.21. The summed E-state index contributed by atoms with van der Waals surface area (Å²) in [5.41, 5.74) is 0.740. The maximum Gasteiger partial charge on any atom is 0.128 e. The second kappa shape index (κ2) is 6.98. The number of halogens is 1. The summed E-state index contributed by atoms with van der Waals surface area (Å²) in [6, 6.07) is 7.02. The van der Waals surface area contributed by atoms with E-state index in [9.17, 15) is 4.39 Å². The Balaban J connectivity index is 2.01. The van der Waals surface area contributed by atoms with Crippen molar-refractivity contribution in [1.29, 1.82) is 0 Å². The number of rotatable bonds is 5. The van der Waals surface area contributed by atoms with E-state index in [1.807, 2.05) is 19.2 Å². The molecule has 1 aromatic rings. The van der Waals surface area contributed by atoms with E-state index in [-0.39, 0.29) is 11.9 Å². The third-order valence-electron chi connectivity index (χ3n) is 3.87. The number of piperidine rings is 1. The van der Waals surface area contributed by atoms with Crippen molar-refractivity contribution >= 4 is 0 Å². The maximum atomic E-state index is 13.8. The molecule has 1 heterocycles. The van der Waals surface area contributed by atoms with Crippen molar-refractivity contribution < 1.29 is 9.13 Å². The number of nitrogens with one attached hydrogen (secondary N) is 1. The lowest BCUT2D eigenvalue weighted by Crippen LogP contribution is -2.43. The van der Waals surface area contributed by atoms with Gasteiger partial charge in [-0.1, -0.05) is 18.2 Å². The molecule has 0 bridgehead atoms. The zero-order valence-electron chi connectivity index (χ0n) is 11.7. The van der Waals surface area contributed by atoms with Crippen LogP contribution in [0.4, 0.5) is 4.39 Å². The van der Waals surface area contributed by atoms with Crippen molar-refractivity contribution in [2.75, 3.05) is 33.8 Å². The van der Waals surface area contributed by atoms with E-state index in [1.54, 1.807) is 13.2 Å². The van der Waals surface area contributed by atoms with Crippen LogP contribution in [0.15, 0.2) is 24.3 Å². The molecule has 1 saturated heterocycles. The number of ether oxygens (including phenoxy) is 1. The van der Waals surface area contributed by atoms with Crippen LogP contribution in [0.3, 0.4) is 0 Å². The minimum absolute atomic E-state index is 0.0248. The fraction of sp³-hybridized carbons (Fsp3) is 0.600. The van der Waals surface area contributed by atoms with E-state index < -0.39 is 0 Å². The average molecular weight is 266 g/mol. The molecule has 19 heavy (non-hydrogen) atoms. The summed E-state index contributed by atoms with van der Waals surface area (Å²) in [4.78, 5) is 2.35. The summed E-state index contributed by atoms with van der Waals surface area (Å²) in [6.45, 7) is 2.81. The Morgan fingerprint density at radius 1 is 1.47 bits per heavy atom. The minimum Gasteiger partial charge on any atom is -0.380 e. The van der Waals surface area contributed by atoms with E-state index in [0.717, 1.165) is 38.0 Å². The molecule has 1 fully saturated rings. The number of hydrogen-bond donors (Lipinski definition) is 1. The molecular formula is C15H23FN2O. The molecule has 0 amide bonds. The Morgan fingerprint density at radius 3 is 2.95 bits per heavy atom. The molecule has 0 radical (unpaired) electrons. The molecular weight excluding hydrogens is 243 g/mol. The molecule has 1 N–H and O–H groups in total. The molecule has 106 valence electrons. The van der Waals surface area contributed by atoms with E-state index >= 15 is 0 Å². The lowest BCUT2D eigenvalue weighted by atomic mass is 10.0. The smallest absolute Gasteiger partial charge is 0.128 e. The van der Waals surface area contributed by atoms with Gasteiger partial charge in [0.25, 0.3) is 0 Å². The molecule has 1 aliphatic rings. The molecule has 3 nitrogen and oxygen atoms in total. The fourth-order valence-corrected chi connectivity index (χ4v) is 2.73. The van der Waals surface area contributed by atoms with Crippen molar-refractivity contribution in [3.8, 4) is 0 Å². The zero-order valence-corrected chi connectivity index (χ0v) is 11.7. The minimum atomic E-state index is -0.137. The van der Waals surface area contributed by atoms with Crippen LogP contribution in [0.2, 0.25) is 0 Å². The van der Waals surface area contributed by atoms with Crippen molar-refractivity contribution in [1.82, 2.24) is 10.2 Å². The maximum absolute atomic E-state index is 13.8. The highest BCUT2D eigenvalue weighted by Gasteiger charge is 2.23. The van der Waals surface area contributed by atoms with Gasteiger partial charge in [-0.2, -0.15) is 0 Å². The van der Waals surface area contributed by atoms with Gasteiger partial charge in [0, 0.05) is 31.8 Å². The number of likely N-dealkylation sites (tertiary alicyclic amines) is 1. The van der Waals surface area contributed by atoms with Gasteiger partial charge in [0.05, 0.1) is 6.10 Å². The third-order valence-corrected chi connectivity index (χ3v) is 3.87. The molecule has 1 aliphatic heterocycles. The molecule has 2 atom stereocenters. The van der Waals surface area contributed by atoms with Gasteiger partial charge < -0.3 is 10.1 Å². The van der Waals surface area contributed by atoms with Crippen LogP contribution in [-0.4, -0.2) is 44.8 Å². The molecule has 4 heteroatoms. The van der Waals surface area contributed by atoms with Crippen LogP contribution in [-0.2, 0) is 4.74 Å². The van der Waals surface area contributed by atoms with Gasteiger partial charge in [-0.3, -0.25) is 4.90 Å². The van der Waals surface area contributed by atoms with E-state index in [1.165, 1.54) is 6.07 Å². The fourth-order valence-electron chi connectivity index (χ4n) is 2.73. The van der Waals surface area contributed by atoms with Crippen LogP contribution < -0.4 is 5.32 Å². The van der Waals surface area contributed by atoms with E-state index in [2.05, 4.69) is 10.2 Å².